The molecule has 0 aliphatic carbocycles. The molecule has 2 unspecified atom stereocenters. The fourth-order valence-corrected chi connectivity index (χ4v) is 4.01. The van der Waals surface area contributed by atoms with Crippen molar-refractivity contribution in [3.05, 3.63) is 28.2 Å². The standard InChI is InChI=1S/C12H16BrNO2S/c13-12-6-10(14)4-3-9(12)7-17(15)8-11-2-1-5-16-11/h3-4,6,11H,1-2,5,7-8,14H2. The summed E-state index contributed by atoms with van der Waals surface area (Å²) in [5, 5.41) is 0. The summed E-state index contributed by atoms with van der Waals surface area (Å²) in [7, 11) is -0.874. The van der Waals surface area contributed by atoms with Gasteiger partial charge < -0.3 is 10.5 Å². The lowest BCUT2D eigenvalue weighted by molar-refractivity contribution is 0.128. The molecule has 0 radical (unpaired) electrons. The van der Waals surface area contributed by atoms with Crippen molar-refractivity contribution >= 4 is 32.4 Å². The van der Waals surface area contributed by atoms with Crippen molar-refractivity contribution in [1.82, 2.24) is 0 Å². The first-order valence-corrected chi connectivity index (χ1v) is 7.94. The number of anilines is 1. The first kappa shape index (κ1) is 13.1. The molecule has 1 saturated heterocycles. The van der Waals surface area contributed by atoms with Crippen LogP contribution in [0, 0.1) is 0 Å². The predicted octanol–water partition coefficient (Wildman–Crippen LogP) is 2.46. The molecule has 0 bridgehead atoms. The van der Waals surface area contributed by atoms with E-state index < -0.39 is 10.8 Å². The Balaban J connectivity index is 1.93. The fourth-order valence-electron chi connectivity index (χ4n) is 1.90. The van der Waals surface area contributed by atoms with Gasteiger partial charge >= 0.3 is 0 Å². The number of halogens is 1. The molecule has 0 amide bonds. The molecule has 1 aromatic rings. The minimum absolute atomic E-state index is 0.184. The molecule has 2 rings (SSSR count). The van der Waals surface area contributed by atoms with Crippen LogP contribution in [-0.4, -0.2) is 22.7 Å². The second kappa shape index (κ2) is 5.98. The fraction of sp³-hybridized carbons (Fsp3) is 0.500. The summed E-state index contributed by atoms with van der Waals surface area (Å²) in [6.45, 7) is 0.813. The van der Waals surface area contributed by atoms with E-state index in [1.807, 2.05) is 18.2 Å². The van der Waals surface area contributed by atoms with Crippen LogP contribution in [0.25, 0.3) is 0 Å². The zero-order chi connectivity index (χ0) is 12.3. The molecule has 0 saturated carbocycles. The molecule has 5 heteroatoms. The lowest BCUT2D eigenvalue weighted by Crippen LogP contribution is -2.16. The number of benzene rings is 1. The van der Waals surface area contributed by atoms with Crippen LogP contribution in [-0.2, 0) is 21.3 Å². The van der Waals surface area contributed by atoms with E-state index in [1.165, 1.54) is 0 Å². The van der Waals surface area contributed by atoms with Crippen LogP contribution >= 0.6 is 15.9 Å². The molecule has 1 heterocycles. The molecular weight excluding hydrogens is 302 g/mol. The zero-order valence-electron chi connectivity index (χ0n) is 9.52. The monoisotopic (exact) mass is 317 g/mol. The van der Waals surface area contributed by atoms with Gasteiger partial charge in [-0.3, -0.25) is 4.21 Å². The Morgan fingerprint density at radius 2 is 2.35 bits per heavy atom. The molecule has 2 N–H and O–H groups in total. The maximum absolute atomic E-state index is 12.0. The van der Waals surface area contributed by atoms with E-state index in [2.05, 4.69) is 15.9 Å². The third-order valence-electron chi connectivity index (χ3n) is 2.79. The van der Waals surface area contributed by atoms with Crippen molar-refractivity contribution in [2.24, 2.45) is 0 Å². The van der Waals surface area contributed by atoms with Gasteiger partial charge in [-0.15, -0.1) is 0 Å². The summed E-state index contributed by atoms with van der Waals surface area (Å²) in [6.07, 6.45) is 2.31. The Bertz CT molecular complexity index is 419. The van der Waals surface area contributed by atoms with Crippen molar-refractivity contribution in [2.45, 2.75) is 24.7 Å². The molecule has 1 aromatic carbocycles. The maximum Gasteiger partial charge on any atom is 0.0691 e. The minimum atomic E-state index is -0.874. The van der Waals surface area contributed by atoms with E-state index in [4.69, 9.17) is 10.5 Å². The molecule has 94 valence electrons. The predicted molar refractivity (Wildman–Crippen MR) is 74.2 cm³/mol. The summed E-state index contributed by atoms with van der Waals surface area (Å²) in [4.78, 5) is 0. The average molecular weight is 318 g/mol. The Morgan fingerprint density at radius 3 is 3.00 bits per heavy atom. The van der Waals surface area contributed by atoms with Crippen molar-refractivity contribution in [3.63, 3.8) is 0 Å². The van der Waals surface area contributed by atoms with Gasteiger partial charge in [-0.2, -0.15) is 0 Å². The third-order valence-corrected chi connectivity index (χ3v) is 4.90. The number of nitrogen functional groups attached to an aromatic ring is 1. The second-order valence-corrected chi connectivity index (χ2v) is 6.59. The van der Waals surface area contributed by atoms with Crippen molar-refractivity contribution in [2.75, 3.05) is 18.1 Å². The molecule has 3 nitrogen and oxygen atoms in total. The van der Waals surface area contributed by atoms with E-state index in [-0.39, 0.29) is 6.10 Å². The SMILES string of the molecule is Nc1ccc(CS(=O)CC2CCCO2)c(Br)c1. The maximum atomic E-state index is 12.0. The number of hydrogen-bond acceptors (Lipinski definition) is 3. The molecule has 2 atom stereocenters. The number of nitrogens with two attached hydrogens (primary N) is 1. The summed E-state index contributed by atoms with van der Waals surface area (Å²) in [5.41, 5.74) is 7.42. The van der Waals surface area contributed by atoms with Crippen molar-refractivity contribution in [3.8, 4) is 0 Å². The van der Waals surface area contributed by atoms with Gasteiger partial charge in [0.25, 0.3) is 0 Å². The first-order chi connectivity index (χ1) is 8.15. The van der Waals surface area contributed by atoms with Gasteiger partial charge in [0.05, 0.1) is 11.9 Å². The van der Waals surface area contributed by atoms with Gasteiger partial charge in [0, 0.05) is 33.3 Å². The first-order valence-electron chi connectivity index (χ1n) is 5.65. The molecule has 1 aliphatic heterocycles. The number of hydrogen-bond donors (Lipinski definition) is 1. The molecule has 1 aliphatic rings. The normalized spacial score (nSPS) is 21.6. The van der Waals surface area contributed by atoms with Crippen molar-refractivity contribution < 1.29 is 8.95 Å². The summed E-state index contributed by atoms with van der Waals surface area (Å²) >= 11 is 3.44. The van der Waals surface area contributed by atoms with Gasteiger partial charge in [0.2, 0.25) is 0 Å². The largest absolute Gasteiger partial charge is 0.399 e. The average Bonchev–Trinajstić information content (AvgIpc) is 2.75. The molecule has 0 aromatic heterocycles. The molecule has 0 spiro atoms. The summed E-state index contributed by atoms with van der Waals surface area (Å²) in [5.74, 6) is 1.19. The van der Waals surface area contributed by atoms with Crippen LogP contribution in [0.3, 0.4) is 0 Å². The number of rotatable bonds is 4. The van der Waals surface area contributed by atoms with E-state index in [9.17, 15) is 4.21 Å². The third kappa shape index (κ3) is 3.79. The Hall–Kier alpha value is -0.390. The Labute approximate surface area is 112 Å². The highest BCUT2D eigenvalue weighted by Crippen LogP contribution is 2.22. The van der Waals surface area contributed by atoms with E-state index in [0.717, 1.165) is 29.5 Å². The van der Waals surface area contributed by atoms with Crippen LogP contribution in [0.5, 0.6) is 0 Å². The quantitative estimate of drug-likeness (QED) is 0.868. The topological polar surface area (TPSA) is 52.3 Å². The van der Waals surface area contributed by atoms with Crippen LogP contribution in [0.4, 0.5) is 5.69 Å². The highest BCUT2D eigenvalue weighted by atomic mass is 79.9. The lowest BCUT2D eigenvalue weighted by atomic mass is 10.2. The van der Waals surface area contributed by atoms with Crippen LogP contribution in [0.15, 0.2) is 22.7 Å². The lowest BCUT2D eigenvalue weighted by Gasteiger charge is -2.10. The zero-order valence-corrected chi connectivity index (χ0v) is 11.9. The van der Waals surface area contributed by atoms with Crippen LogP contribution < -0.4 is 5.73 Å². The van der Waals surface area contributed by atoms with E-state index in [0.29, 0.717) is 17.2 Å². The molecule has 1 fully saturated rings. The second-order valence-electron chi connectivity index (χ2n) is 4.24. The minimum Gasteiger partial charge on any atom is -0.399 e. The van der Waals surface area contributed by atoms with Crippen molar-refractivity contribution in [1.29, 1.82) is 0 Å². The smallest absolute Gasteiger partial charge is 0.0691 e. The highest BCUT2D eigenvalue weighted by Gasteiger charge is 2.18. The van der Waals surface area contributed by atoms with E-state index in [1.54, 1.807) is 0 Å². The molecule has 17 heavy (non-hydrogen) atoms. The van der Waals surface area contributed by atoms with Gasteiger partial charge in [-0.25, -0.2) is 0 Å². The van der Waals surface area contributed by atoms with E-state index >= 15 is 0 Å². The van der Waals surface area contributed by atoms with Crippen LogP contribution in [0.2, 0.25) is 0 Å². The number of ether oxygens (including phenoxy) is 1. The Morgan fingerprint density at radius 1 is 1.53 bits per heavy atom. The van der Waals surface area contributed by atoms with Gasteiger partial charge in [-0.1, -0.05) is 22.0 Å². The van der Waals surface area contributed by atoms with Crippen LogP contribution in [0.1, 0.15) is 18.4 Å². The molecular formula is C12H16BrNO2S. The summed E-state index contributed by atoms with van der Waals surface area (Å²) < 4.78 is 18.4. The Kier molecular flexibility index (Phi) is 4.59. The summed E-state index contributed by atoms with van der Waals surface area (Å²) in [6, 6.07) is 5.61. The van der Waals surface area contributed by atoms with Gasteiger partial charge in [-0.05, 0) is 30.5 Å². The highest BCUT2D eigenvalue weighted by molar-refractivity contribution is 9.10. The van der Waals surface area contributed by atoms with Gasteiger partial charge in [0.15, 0.2) is 0 Å². The van der Waals surface area contributed by atoms with Gasteiger partial charge in [0.1, 0.15) is 0 Å².